The Hall–Kier alpha value is -1.75. The second-order valence-corrected chi connectivity index (χ2v) is 10.6. The van der Waals surface area contributed by atoms with Crippen molar-refractivity contribution in [3.05, 3.63) is 33.3 Å². The number of nitro groups is 1. The van der Waals surface area contributed by atoms with Gasteiger partial charge >= 0.3 is 0 Å². The summed E-state index contributed by atoms with van der Waals surface area (Å²) < 4.78 is 33.6. The average molecular weight is 474 g/mol. The SMILES string of the molecule is CC(C)C1COCCN1C(=O)C1CCC(NS(=O)(=O)c2ccc(Cl)c([N+](=O)[O-])c2)CC1. The van der Waals surface area contributed by atoms with Gasteiger partial charge in [0.25, 0.3) is 5.69 Å². The van der Waals surface area contributed by atoms with Crippen LogP contribution in [0.25, 0.3) is 0 Å². The molecule has 0 aromatic heterocycles. The highest BCUT2D eigenvalue weighted by molar-refractivity contribution is 7.89. The minimum absolute atomic E-state index is 0.0678. The Balaban J connectivity index is 1.61. The van der Waals surface area contributed by atoms with Gasteiger partial charge in [-0.3, -0.25) is 14.9 Å². The Morgan fingerprint density at radius 1 is 1.29 bits per heavy atom. The van der Waals surface area contributed by atoms with Crippen molar-refractivity contribution < 1.29 is 22.9 Å². The predicted molar refractivity (Wildman–Crippen MR) is 115 cm³/mol. The molecule has 1 saturated carbocycles. The Kier molecular flexibility index (Phi) is 7.56. The molecule has 11 heteroatoms. The van der Waals surface area contributed by atoms with Crippen LogP contribution in [0.1, 0.15) is 39.5 Å². The van der Waals surface area contributed by atoms with Gasteiger partial charge in [0.2, 0.25) is 15.9 Å². The van der Waals surface area contributed by atoms with E-state index in [1.54, 1.807) is 0 Å². The van der Waals surface area contributed by atoms with Crippen molar-refractivity contribution in [1.29, 1.82) is 0 Å². The number of nitrogens with zero attached hydrogens (tertiary/aromatic N) is 2. The van der Waals surface area contributed by atoms with Crippen LogP contribution in [-0.2, 0) is 19.6 Å². The molecule has 1 saturated heterocycles. The fourth-order valence-electron chi connectivity index (χ4n) is 4.23. The van der Waals surface area contributed by atoms with E-state index in [1.807, 2.05) is 4.90 Å². The molecule has 1 unspecified atom stereocenters. The van der Waals surface area contributed by atoms with E-state index in [9.17, 15) is 23.3 Å². The van der Waals surface area contributed by atoms with Gasteiger partial charge < -0.3 is 9.64 Å². The Morgan fingerprint density at radius 2 is 1.97 bits per heavy atom. The van der Waals surface area contributed by atoms with E-state index in [4.69, 9.17) is 16.3 Å². The normalized spacial score (nSPS) is 24.9. The number of carbonyl (C=O) groups excluding carboxylic acids is 1. The zero-order chi connectivity index (χ0) is 22.8. The summed E-state index contributed by atoms with van der Waals surface area (Å²) in [5.74, 6) is 0.296. The number of ether oxygens (including phenoxy) is 1. The fraction of sp³-hybridized carbons (Fsp3) is 0.650. The number of hydrogen-bond donors (Lipinski definition) is 1. The van der Waals surface area contributed by atoms with Crippen LogP contribution >= 0.6 is 11.6 Å². The number of nitro benzene ring substituents is 1. The third kappa shape index (κ3) is 5.54. The van der Waals surface area contributed by atoms with Gasteiger partial charge in [-0.15, -0.1) is 0 Å². The third-order valence-electron chi connectivity index (χ3n) is 6.04. The van der Waals surface area contributed by atoms with Crippen molar-refractivity contribution in [1.82, 2.24) is 9.62 Å². The van der Waals surface area contributed by atoms with E-state index in [-0.39, 0.29) is 33.8 Å². The first-order valence-electron chi connectivity index (χ1n) is 10.4. The summed E-state index contributed by atoms with van der Waals surface area (Å²) in [6, 6.07) is 3.16. The number of carbonyl (C=O) groups is 1. The van der Waals surface area contributed by atoms with Crippen LogP contribution < -0.4 is 4.72 Å². The predicted octanol–water partition coefficient (Wildman–Crippen LogP) is 2.97. The number of halogens is 1. The first kappa shape index (κ1) is 23.9. The molecule has 1 atom stereocenters. The molecular weight excluding hydrogens is 446 g/mol. The van der Waals surface area contributed by atoms with Gasteiger partial charge in [0.1, 0.15) is 5.02 Å². The molecule has 1 aromatic carbocycles. The molecular formula is C20H28ClN3O6S. The molecule has 0 bridgehead atoms. The van der Waals surface area contributed by atoms with E-state index in [0.717, 1.165) is 6.07 Å². The summed E-state index contributed by atoms with van der Waals surface area (Å²) in [5.41, 5.74) is -0.455. The molecule has 0 spiro atoms. The maximum atomic E-state index is 13.1. The van der Waals surface area contributed by atoms with Gasteiger partial charge in [0.15, 0.2) is 0 Å². The van der Waals surface area contributed by atoms with Gasteiger partial charge in [-0.25, -0.2) is 13.1 Å². The smallest absolute Gasteiger partial charge is 0.289 e. The van der Waals surface area contributed by atoms with Crippen molar-refractivity contribution in [2.45, 2.75) is 56.5 Å². The second-order valence-electron chi connectivity index (χ2n) is 8.46. The highest BCUT2D eigenvalue weighted by Crippen LogP contribution is 2.31. The Morgan fingerprint density at radius 3 is 2.58 bits per heavy atom. The number of morpholine rings is 1. The van der Waals surface area contributed by atoms with E-state index >= 15 is 0 Å². The number of sulfonamides is 1. The first-order chi connectivity index (χ1) is 14.6. The van der Waals surface area contributed by atoms with Crippen molar-refractivity contribution in [2.24, 2.45) is 11.8 Å². The molecule has 2 fully saturated rings. The summed E-state index contributed by atoms with van der Waals surface area (Å²) in [6.07, 6.45) is 2.24. The van der Waals surface area contributed by atoms with Crippen LogP contribution in [0.15, 0.2) is 23.1 Å². The molecule has 1 heterocycles. The van der Waals surface area contributed by atoms with Crippen molar-refractivity contribution in [3.8, 4) is 0 Å². The van der Waals surface area contributed by atoms with Gasteiger partial charge in [-0.05, 0) is 43.7 Å². The Labute approximate surface area is 187 Å². The fourth-order valence-corrected chi connectivity index (χ4v) is 5.74. The average Bonchev–Trinajstić information content (AvgIpc) is 2.73. The number of nitrogens with one attached hydrogen (secondary N) is 1. The standard InChI is InChI=1S/C20H28ClN3O6S/c1-13(2)19-12-30-10-9-23(19)20(25)14-3-5-15(6-4-14)22-31(28,29)16-7-8-17(21)18(11-16)24(26)27/h7-8,11,13-15,19,22H,3-6,9-10,12H2,1-2H3. The molecule has 9 nitrogen and oxygen atoms in total. The first-order valence-corrected chi connectivity index (χ1v) is 12.3. The zero-order valence-corrected chi connectivity index (χ0v) is 19.2. The molecule has 1 aliphatic heterocycles. The van der Waals surface area contributed by atoms with Crippen LogP contribution in [0.4, 0.5) is 5.69 Å². The maximum Gasteiger partial charge on any atom is 0.289 e. The number of amides is 1. The van der Waals surface area contributed by atoms with Crippen LogP contribution in [0.5, 0.6) is 0 Å². The van der Waals surface area contributed by atoms with Crippen molar-refractivity contribution in [3.63, 3.8) is 0 Å². The summed E-state index contributed by atoms with van der Waals surface area (Å²) in [7, 11) is -3.94. The molecule has 1 aromatic rings. The monoisotopic (exact) mass is 473 g/mol. The van der Waals surface area contributed by atoms with Crippen molar-refractivity contribution >= 4 is 33.2 Å². The number of benzene rings is 1. The zero-order valence-electron chi connectivity index (χ0n) is 17.6. The van der Waals surface area contributed by atoms with Gasteiger partial charge in [-0.1, -0.05) is 25.4 Å². The lowest BCUT2D eigenvalue weighted by Gasteiger charge is -2.41. The largest absolute Gasteiger partial charge is 0.377 e. The maximum absolute atomic E-state index is 13.1. The van der Waals surface area contributed by atoms with Crippen molar-refractivity contribution in [2.75, 3.05) is 19.8 Å². The second kappa shape index (κ2) is 9.81. The molecule has 31 heavy (non-hydrogen) atoms. The molecule has 172 valence electrons. The van der Waals surface area contributed by atoms with E-state index in [0.29, 0.717) is 51.4 Å². The molecule has 3 rings (SSSR count). The number of rotatable bonds is 6. The highest BCUT2D eigenvalue weighted by Gasteiger charge is 2.36. The minimum Gasteiger partial charge on any atom is -0.377 e. The minimum atomic E-state index is -3.94. The third-order valence-corrected chi connectivity index (χ3v) is 7.88. The highest BCUT2D eigenvalue weighted by atomic mass is 35.5. The summed E-state index contributed by atoms with van der Waals surface area (Å²) in [4.78, 5) is 25.1. The van der Waals surface area contributed by atoms with Crippen LogP contribution in [0.3, 0.4) is 0 Å². The quantitative estimate of drug-likeness (QED) is 0.501. The molecule has 1 amide bonds. The van der Waals surface area contributed by atoms with Crippen LogP contribution in [0, 0.1) is 22.0 Å². The number of hydrogen-bond acceptors (Lipinski definition) is 6. The molecule has 1 aliphatic carbocycles. The summed E-state index contributed by atoms with van der Waals surface area (Å²) in [6.45, 7) is 5.82. The molecule has 1 N–H and O–H groups in total. The molecule has 0 radical (unpaired) electrons. The van der Waals surface area contributed by atoms with E-state index in [2.05, 4.69) is 18.6 Å². The van der Waals surface area contributed by atoms with Gasteiger partial charge in [-0.2, -0.15) is 0 Å². The lowest BCUT2D eigenvalue weighted by molar-refractivity contribution is -0.384. The topological polar surface area (TPSA) is 119 Å². The summed E-state index contributed by atoms with van der Waals surface area (Å²) >= 11 is 5.77. The lowest BCUT2D eigenvalue weighted by Crippen LogP contribution is -2.53. The summed E-state index contributed by atoms with van der Waals surface area (Å²) in [5, 5.41) is 10.9. The lowest BCUT2D eigenvalue weighted by atomic mass is 9.85. The van der Waals surface area contributed by atoms with Crippen LogP contribution in [-0.4, -0.2) is 56.0 Å². The van der Waals surface area contributed by atoms with Gasteiger partial charge in [0, 0.05) is 24.6 Å². The van der Waals surface area contributed by atoms with Gasteiger partial charge in [0.05, 0.1) is 29.1 Å². The Bertz CT molecular complexity index is 931. The van der Waals surface area contributed by atoms with E-state index < -0.39 is 20.6 Å². The molecule has 2 aliphatic rings. The van der Waals surface area contributed by atoms with Crippen LogP contribution in [0.2, 0.25) is 5.02 Å². The van der Waals surface area contributed by atoms with E-state index in [1.165, 1.54) is 12.1 Å².